The lowest BCUT2D eigenvalue weighted by atomic mass is 9.79. The summed E-state index contributed by atoms with van der Waals surface area (Å²) in [5, 5.41) is 6.83. The number of hydrogen-bond donors (Lipinski definition) is 2. The van der Waals surface area contributed by atoms with Gasteiger partial charge in [-0.15, -0.1) is 0 Å². The number of aromatic nitrogens is 2. The van der Waals surface area contributed by atoms with Crippen molar-refractivity contribution in [1.29, 1.82) is 0 Å². The third-order valence-electron chi connectivity index (χ3n) is 5.20. The quantitative estimate of drug-likeness (QED) is 0.786. The zero-order valence-electron chi connectivity index (χ0n) is 17.7. The first-order valence-corrected chi connectivity index (χ1v) is 9.97. The van der Waals surface area contributed by atoms with Crippen molar-refractivity contribution >= 4 is 11.9 Å². The number of nitrogens with zero attached hydrogens (tertiary/aromatic N) is 3. The highest BCUT2D eigenvalue weighted by atomic mass is 16.5. The van der Waals surface area contributed by atoms with E-state index >= 15 is 0 Å². The number of carbonyl (C=O) groups is 1. The first-order chi connectivity index (χ1) is 13.2. The van der Waals surface area contributed by atoms with Gasteiger partial charge in [-0.1, -0.05) is 0 Å². The number of anilines is 1. The van der Waals surface area contributed by atoms with Gasteiger partial charge in [0.1, 0.15) is 0 Å². The van der Waals surface area contributed by atoms with Crippen LogP contribution in [-0.4, -0.2) is 66.4 Å². The Hall–Kier alpha value is -1.77. The molecule has 1 aromatic heterocycles. The summed E-state index contributed by atoms with van der Waals surface area (Å²) in [7, 11) is 1.61. The number of morpholine rings is 1. The first kappa shape index (κ1) is 21.0. The Balaban J connectivity index is 1.76. The van der Waals surface area contributed by atoms with E-state index in [1.165, 1.54) is 0 Å². The van der Waals surface area contributed by atoms with Crippen LogP contribution in [0, 0.1) is 0 Å². The third kappa shape index (κ3) is 5.18. The van der Waals surface area contributed by atoms with Crippen molar-refractivity contribution in [2.45, 2.75) is 64.3 Å². The predicted molar refractivity (Wildman–Crippen MR) is 108 cm³/mol. The van der Waals surface area contributed by atoms with Crippen molar-refractivity contribution in [2.75, 3.05) is 38.3 Å². The van der Waals surface area contributed by atoms with Gasteiger partial charge in [0.05, 0.1) is 31.1 Å². The summed E-state index contributed by atoms with van der Waals surface area (Å²) in [5.74, 6) is 0.482. The lowest BCUT2D eigenvalue weighted by Gasteiger charge is -2.46. The molecule has 0 aliphatic carbocycles. The second-order valence-electron chi connectivity index (χ2n) is 9.03. The number of nitrogens with one attached hydrogen (secondary N) is 2. The van der Waals surface area contributed by atoms with Crippen molar-refractivity contribution in [2.24, 2.45) is 0 Å². The molecule has 0 spiro atoms. The van der Waals surface area contributed by atoms with Gasteiger partial charge in [-0.3, -0.25) is 4.79 Å². The van der Waals surface area contributed by atoms with Gasteiger partial charge in [0, 0.05) is 43.5 Å². The van der Waals surface area contributed by atoms with Crippen LogP contribution in [0.15, 0.2) is 6.20 Å². The molecule has 2 aliphatic rings. The molecule has 2 N–H and O–H groups in total. The lowest BCUT2D eigenvalue weighted by molar-refractivity contribution is 0.0867. The molecule has 8 heteroatoms. The fourth-order valence-corrected chi connectivity index (χ4v) is 4.45. The molecule has 156 valence electrons. The molecule has 1 amide bonds. The summed E-state index contributed by atoms with van der Waals surface area (Å²) in [5.41, 5.74) is 1.02. The van der Waals surface area contributed by atoms with Crippen LogP contribution in [0.25, 0.3) is 0 Å². The normalized spacial score (nSPS) is 22.1. The summed E-state index contributed by atoms with van der Waals surface area (Å²) >= 11 is 0. The highest BCUT2D eigenvalue weighted by Crippen LogP contribution is 2.28. The Kier molecular flexibility index (Phi) is 6.21. The summed E-state index contributed by atoms with van der Waals surface area (Å²) in [6, 6.07) is 0.0908. The Morgan fingerprint density at radius 1 is 1.29 bits per heavy atom. The van der Waals surface area contributed by atoms with E-state index in [1.54, 1.807) is 13.3 Å². The maximum Gasteiger partial charge on any atom is 0.255 e. The van der Waals surface area contributed by atoms with Gasteiger partial charge in [-0.2, -0.15) is 0 Å². The van der Waals surface area contributed by atoms with E-state index in [2.05, 4.69) is 53.2 Å². The van der Waals surface area contributed by atoms with E-state index in [-0.39, 0.29) is 29.6 Å². The Morgan fingerprint density at radius 2 is 1.93 bits per heavy atom. The zero-order valence-corrected chi connectivity index (χ0v) is 17.7. The third-order valence-corrected chi connectivity index (χ3v) is 5.20. The minimum absolute atomic E-state index is 0.0360. The minimum atomic E-state index is -0.140. The number of piperidine rings is 1. The van der Waals surface area contributed by atoms with Crippen LogP contribution in [0.3, 0.4) is 0 Å². The maximum absolute atomic E-state index is 13.0. The molecule has 2 saturated heterocycles. The lowest BCUT2D eigenvalue weighted by Crippen LogP contribution is -2.62. The zero-order chi connectivity index (χ0) is 20.4. The number of amides is 1. The number of methoxy groups -OCH3 is 1. The van der Waals surface area contributed by atoms with Crippen LogP contribution in [0.5, 0.6) is 0 Å². The van der Waals surface area contributed by atoms with E-state index in [0.717, 1.165) is 25.9 Å². The van der Waals surface area contributed by atoms with E-state index in [0.29, 0.717) is 30.4 Å². The van der Waals surface area contributed by atoms with Gasteiger partial charge in [0.25, 0.3) is 5.91 Å². The van der Waals surface area contributed by atoms with Gasteiger partial charge in [0.2, 0.25) is 5.95 Å². The number of ether oxygens (including phenoxy) is 2. The summed E-state index contributed by atoms with van der Waals surface area (Å²) in [6.45, 7) is 11.8. The Bertz CT molecular complexity index is 685. The van der Waals surface area contributed by atoms with E-state index in [1.807, 2.05) is 0 Å². The molecule has 2 fully saturated rings. The second-order valence-corrected chi connectivity index (χ2v) is 9.03. The molecular formula is C20H33N5O3. The molecule has 2 aliphatic heterocycles. The van der Waals surface area contributed by atoms with Gasteiger partial charge in [-0.05, 0) is 40.5 Å². The molecule has 0 atom stereocenters. The molecular weight excluding hydrogens is 358 g/mol. The fourth-order valence-electron chi connectivity index (χ4n) is 4.45. The van der Waals surface area contributed by atoms with Crippen molar-refractivity contribution in [1.82, 2.24) is 20.6 Å². The largest absolute Gasteiger partial charge is 0.378 e. The van der Waals surface area contributed by atoms with Crippen molar-refractivity contribution < 1.29 is 14.3 Å². The van der Waals surface area contributed by atoms with Crippen molar-refractivity contribution in [3.05, 3.63) is 17.5 Å². The highest BCUT2D eigenvalue weighted by Gasteiger charge is 2.38. The molecule has 0 radical (unpaired) electrons. The molecule has 28 heavy (non-hydrogen) atoms. The Labute approximate surface area is 167 Å². The topological polar surface area (TPSA) is 88.6 Å². The number of carbonyl (C=O) groups excluding carboxylic acids is 1. The maximum atomic E-state index is 13.0. The molecule has 1 aromatic rings. The van der Waals surface area contributed by atoms with Crippen LogP contribution in [0.2, 0.25) is 0 Å². The molecule has 0 unspecified atom stereocenters. The van der Waals surface area contributed by atoms with E-state index < -0.39 is 0 Å². The summed E-state index contributed by atoms with van der Waals surface area (Å²) < 4.78 is 10.7. The summed E-state index contributed by atoms with van der Waals surface area (Å²) in [4.78, 5) is 24.2. The molecule has 3 rings (SSSR count). The van der Waals surface area contributed by atoms with Crippen LogP contribution < -0.4 is 15.5 Å². The van der Waals surface area contributed by atoms with Gasteiger partial charge >= 0.3 is 0 Å². The SMILES string of the molecule is COCc1nc(N2CCOCC2)ncc1C(=O)NC1CC(C)(C)NC(C)(C)C1. The summed E-state index contributed by atoms with van der Waals surface area (Å²) in [6.07, 6.45) is 3.36. The molecule has 3 heterocycles. The second kappa shape index (κ2) is 8.31. The molecule has 0 saturated carbocycles. The minimum Gasteiger partial charge on any atom is -0.378 e. The number of rotatable bonds is 5. The smallest absolute Gasteiger partial charge is 0.255 e. The average molecular weight is 392 g/mol. The molecule has 8 nitrogen and oxygen atoms in total. The van der Waals surface area contributed by atoms with Crippen molar-refractivity contribution in [3.63, 3.8) is 0 Å². The van der Waals surface area contributed by atoms with E-state index in [4.69, 9.17) is 9.47 Å². The van der Waals surface area contributed by atoms with Crippen LogP contribution >= 0.6 is 0 Å². The van der Waals surface area contributed by atoms with Crippen LogP contribution in [0.1, 0.15) is 56.6 Å². The monoisotopic (exact) mass is 391 g/mol. The highest BCUT2D eigenvalue weighted by molar-refractivity contribution is 5.95. The Morgan fingerprint density at radius 3 is 2.54 bits per heavy atom. The number of hydrogen-bond acceptors (Lipinski definition) is 7. The van der Waals surface area contributed by atoms with E-state index in [9.17, 15) is 4.79 Å². The van der Waals surface area contributed by atoms with Gasteiger partial charge in [0.15, 0.2) is 0 Å². The van der Waals surface area contributed by atoms with Gasteiger partial charge in [-0.25, -0.2) is 9.97 Å². The first-order valence-electron chi connectivity index (χ1n) is 9.97. The molecule has 0 bridgehead atoms. The fraction of sp³-hybridized carbons (Fsp3) is 0.750. The molecule has 0 aromatic carbocycles. The van der Waals surface area contributed by atoms with Crippen molar-refractivity contribution in [3.8, 4) is 0 Å². The standard InChI is InChI=1S/C20H33N5O3/c1-19(2)10-14(11-20(3,4)24-19)22-17(26)15-12-21-18(23-16(15)13-27-5)25-6-8-28-9-7-25/h12,14,24H,6-11,13H2,1-5H3,(H,22,26). The predicted octanol–water partition coefficient (Wildman–Crippen LogP) is 1.50. The van der Waals surface area contributed by atoms with Crippen LogP contribution in [0.4, 0.5) is 5.95 Å². The van der Waals surface area contributed by atoms with Crippen LogP contribution in [-0.2, 0) is 16.1 Å². The average Bonchev–Trinajstić information content (AvgIpc) is 2.60. The van der Waals surface area contributed by atoms with Gasteiger partial charge < -0.3 is 25.0 Å².